The minimum atomic E-state index is 0.505. The fourth-order valence-corrected chi connectivity index (χ4v) is 3.05. The molecule has 0 aromatic carbocycles. The molecule has 4 nitrogen and oxygen atoms in total. The zero-order chi connectivity index (χ0) is 12.5. The molecule has 1 aliphatic carbocycles. The molecule has 2 atom stereocenters. The van der Waals surface area contributed by atoms with Crippen molar-refractivity contribution in [1.82, 2.24) is 14.6 Å². The van der Waals surface area contributed by atoms with Crippen molar-refractivity contribution in [3.05, 3.63) is 22.9 Å². The fourth-order valence-electron chi connectivity index (χ4n) is 2.63. The van der Waals surface area contributed by atoms with E-state index >= 15 is 0 Å². The summed E-state index contributed by atoms with van der Waals surface area (Å²) in [5, 5.41) is 7.99. The van der Waals surface area contributed by atoms with Crippen LogP contribution >= 0.6 is 15.9 Å². The van der Waals surface area contributed by atoms with Crippen LogP contribution in [0.25, 0.3) is 5.52 Å². The van der Waals surface area contributed by atoms with Crippen molar-refractivity contribution in [2.24, 2.45) is 5.92 Å². The zero-order valence-corrected chi connectivity index (χ0v) is 12.0. The minimum absolute atomic E-state index is 0.505. The van der Waals surface area contributed by atoms with Crippen LogP contribution in [0.4, 0.5) is 5.95 Å². The SMILES string of the molecule is C[C@H]1CCCC[C@H]1Nc1ncc2ccc(Br)n2n1. The van der Waals surface area contributed by atoms with Gasteiger partial charge in [-0.3, -0.25) is 0 Å². The Labute approximate surface area is 115 Å². The summed E-state index contributed by atoms with van der Waals surface area (Å²) in [6.45, 7) is 2.31. The molecule has 96 valence electrons. The predicted molar refractivity (Wildman–Crippen MR) is 75.7 cm³/mol. The van der Waals surface area contributed by atoms with E-state index in [-0.39, 0.29) is 0 Å². The molecule has 3 rings (SSSR count). The van der Waals surface area contributed by atoms with E-state index in [1.807, 2.05) is 22.8 Å². The standard InChI is InChI=1S/C13H17BrN4/c1-9-4-2-3-5-11(9)16-13-15-8-10-6-7-12(14)18(10)17-13/h6-9,11H,2-5H2,1H3,(H,16,17)/t9-,11+/m0/s1. The van der Waals surface area contributed by atoms with Crippen molar-refractivity contribution < 1.29 is 0 Å². The van der Waals surface area contributed by atoms with Gasteiger partial charge in [-0.15, -0.1) is 5.10 Å². The Hall–Kier alpha value is -1.10. The lowest BCUT2D eigenvalue weighted by molar-refractivity contribution is 0.348. The predicted octanol–water partition coefficient (Wildman–Crippen LogP) is 3.48. The van der Waals surface area contributed by atoms with Crippen LogP contribution in [-0.4, -0.2) is 20.6 Å². The summed E-state index contributed by atoms with van der Waals surface area (Å²) < 4.78 is 2.82. The number of anilines is 1. The average molecular weight is 309 g/mol. The lowest BCUT2D eigenvalue weighted by Crippen LogP contribution is -2.31. The Kier molecular flexibility index (Phi) is 3.24. The quantitative estimate of drug-likeness (QED) is 0.923. The highest BCUT2D eigenvalue weighted by Gasteiger charge is 2.21. The van der Waals surface area contributed by atoms with E-state index in [1.165, 1.54) is 25.7 Å². The highest BCUT2D eigenvalue weighted by Crippen LogP contribution is 2.26. The fraction of sp³-hybridized carbons (Fsp3) is 0.538. The second kappa shape index (κ2) is 4.88. The molecule has 0 bridgehead atoms. The van der Waals surface area contributed by atoms with Crippen molar-refractivity contribution in [1.29, 1.82) is 0 Å². The Morgan fingerprint density at radius 1 is 1.33 bits per heavy atom. The van der Waals surface area contributed by atoms with Gasteiger partial charge in [-0.25, -0.2) is 9.50 Å². The van der Waals surface area contributed by atoms with Crippen LogP contribution in [0.2, 0.25) is 0 Å². The monoisotopic (exact) mass is 308 g/mol. The zero-order valence-electron chi connectivity index (χ0n) is 10.4. The van der Waals surface area contributed by atoms with Gasteiger partial charge >= 0.3 is 0 Å². The summed E-state index contributed by atoms with van der Waals surface area (Å²) in [7, 11) is 0. The molecule has 0 saturated heterocycles. The number of hydrogen-bond donors (Lipinski definition) is 1. The third kappa shape index (κ3) is 2.23. The first-order valence-corrected chi connectivity index (χ1v) is 7.30. The lowest BCUT2D eigenvalue weighted by atomic mass is 9.86. The number of hydrogen-bond acceptors (Lipinski definition) is 3. The van der Waals surface area contributed by atoms with Crippen LogP contribution in [0.5, 0.6) is 0 Å². The molecule has 0 unspecified atom stereocenters. The van der Waals surface area contributed by atoms with Crippen molar-refractivity contribution in [2.45, 2.75) is 38.6 Å². The molecule has 18 heavy (non-hydrogen) atoms. The summed E-state index contributed by atoms with van der Waals surface area (Å²) in [6, 6.07) is 4.49. The van der Waals surface area contributed by atoms with Gasteiger partial charge in [-0.05, 0) is 46.8 Å². The first-order chi connectivity index (χ1) is 8.74. The number of rotatable bonds is 2. The molecule has 2 aromatic heterocycles. The second-order valence-corrected chi connectivity index (χ2v) is 5.90. The molecular weight excluding hydrogens is 292 g/mol. The molecule has 1 fully saturated rings. The molecule has 0 spiro atoms. The van der Waals surface area contributed by atoms with Crippen LogP contribution in [0, 0.1) is 5.92 Å². The Balaban J connectivity index is 1.83. The number of nitrogens with one attached hydrogen (secondary N) is 1. The summed E-state index contributed by atoms with van der Waals surface area (Å²) in [5.74, 6) is 1.42. The van der Waals surface area contributed by atoms with Crippen LogP contribution in [0.15, 0.2) is 22.9 Å². The van der Waals surface area contributed by atoms with Gasteiger partial charge < -0.3 is 5.32 Å². The lowest BCUT2D eigenvalue weighted by Gasteiger charge is -2.29. The molecular formula is C13H17BrN4. The number of fused-ring (bicyclic) bond motifs is 1. The summed E-state index contributed by atoms with van der Waals surface area (Å²) in [5.41, 5.74) is 1.00. The van der Waals surface area contributed by atoms with E-state index in [0.29, 0.717) is 12.0 Å². The second-order valence-electron chi connectivity index (χ2n) is 5.09. The molecule has 0 aliphatic heterocycles. The van der Waals surface area contributed by atoms with E-state index in [2.05, 4.69) is 38.3 Å². The molecule has 1 saturated carbocycles. The molecule has 1 N–H and O–H groups in total. The third-order valence-corrected chi connectivity index (χ3v) is 4.38. The van der Waals surface area contributed by atoms with E-state index in [4.69, 9.17) is 0 Å². The summed E-state index contributed by atoms with van der Waals surface area (Å²) in [4.78, 5) is 4.38. The van der Waals surface area contributed by atoms with E-state index in [0.717, 1.165) is 16.1 Å². The maximum absolute atomic E-state index is 4.51. The maximum atomic E-state index is 4.51. The van der Waals surface area contributed by atoms with Gasteiger partial charge in [0.25, 0.3) is 0 Å². The minimum Gasteiger partial charge on any atom is -0.350 e. The van der Waals surface area contributed by atoms with Gasteiger partial charge in [0.15, 0.2) is 0 Å². The van der Waals surface area contributed by atoms with Gasteiger partial charge in [-0.1, -0.05) is 19.8 Å². The van der Waals surface area contributed by atoms with Crippen molar-refractivity contribution in [3.8, 4) is 0 Å². The van der Waals surface area contributed by atoms with Gasteiger partial charge in [0.1, 0.15) is 4.60 Å². The van der Waals surface area contributed by atoms with Gasteiger partial charge in [-0.2, -0.15) is 0 Å². The first kappa shape index (κ1) is 12.0. The Morgan fingerprint density at radius 2 is 2.17 bits per heavy atom. The molecule has 0 radical (unpaired) electrons. The molecule has 2 aromatic rings. The maximum Gasteiger partial charge on any atom is 0.241 e. The molecule has 2 heterocycles. The van der Waals surface area contributed by atoms with Gasteiger partial charge in [0.2, 0.25) is 5.95 Å². The van der Waals surface area contributed by atoms with E-state index < -0.39 is 0 Å². The topological polar surface area (TPSA) is 42.2 Å². The van der Waals surface area contributed by atoms with E-state index in [9.17, 15) is 0 Å². The first-order valence-electron chi connectivity index (χ1n) is 6.51. The van der Waals surface area contributed by atoms with Gasteiger partial charge in [0, 0.05) is 6.04 Å². The average Bonchev–Trinajstić information content (AvgIpc) is 2.74. The highest BCUT2D eigenvalue weighted by molar-refractivity contribution is 9.10. The largest absolute Gasteiger partial charge is 0.350 e. The number of aromatic nitrogens is 3. The highest BCUT2D eigenvalue weighted by atomic mass is 79.9. The summed E-state index contributed by atoms with van der Waals surface area (Å²) >= 11 is 3.48. The third-order valence-electron chi connectivity index (χ3n) is 3.78. The van der Waals surface area contributed by atoms with Crippen LogP contribution in [0.3, 0.4) is 0 Å². The van der Waals surface area contributed by atoms with Crippen LogP contribution in [0.1, 0.15) is 32.6 Å². The van der Waals surface area contributed by atoms with Crippen LogP contribution in [-0.2, 0) is 0 Å². The van der Waals surface area contributed by atoms with E-state index in [1.54, 1.807) is 0 Å². The molecule has 5 heteroatoms. The molecule has 1 aliphatic rings. The van der Waals surface area contributed by atoms with Crippen molar-refractivity contribution in [3.63, 3.8) is 0 Å². The summed E-state index contributed by atoms with van der Waals surface area (Å²) in [6.07, 6.45) is 7.02. The normalized spacial score (nSPS) is 24.3. The Morgan fingerprint density at radius 3 is 3.00 bits per heavy atom. The number of nitrogens with zero attached hydrogens (tertiary/aromatic N) is 3. The van der Waals surface area contributed by atoms with Crippen molar-refractivity contribution >= 4 is 27.4 Å². The van der Waals surface area contributed by atoms with Gasteiger partial charge in [0.05, 0.1) is 11.7 Å². The number of halogens is 1. The molecule has 0 amide bonds. The van der Waals surface area contributed by atoms with Crippen LogP contribution < -0.4 is 5.32 Å². The van der Waals surface area contributed by atoms with Crippen molar-refractivity contribution in [2.75, 3.05) is 5.32 Å². The Bertz CT molecular complexity index is 551. The smallest absolute Gasteiger partial charge is 0.241 e.